The maximum absolute atomic E-state index is 11.1. The van der Waals surface area contributed by atoms with Gasteiger partial charge in [0.1, 0.15) is 5.82 Å². The summed E-state index contributed by atoms with van der Waals surface area (Å²) in [6, 6.07) is 1.50. The van der Waals surface area contributed by atoms with Crippen molar-refractivity contribution in [1.29, 1.82) is 0 Å². The second-order valence-electron chi connectivity index (χ2n) is 2.66. The molecule has 0 unspecified atom stereocenters. The van der Waals surface area contributed by atoms with E-state index in [0.29, 0.717) is 13.0 Å². The summed E-state index contributed by atoms with van der Waals surface area (Å²) in [4.78, 5) is 18.1. The molecule has 0 saturated carbocycles. The molecule has 0 bridgehead atoms. The Hall–Kier alpha value is -0.810. The van der Waals surface area contributed by atoms with Gasteiger partial charge in [0.15, 0.2) is 0 Å². The number of thioether (sulfide) groups is 1. The van der Waals surface area contributed by atoms with Gasteiger partial charge in [0.05, 0.1) is 5.75 Å². The minimum atomic E-state index is -0.0949. The third-order valence-electron chi connectivity index (χ3n) is 1.53. The summed E-state index contributed by atoms with van der Waals surface area (Å²) in [5, 5.41) is 0. The van der Waals surface area contributed by atoms with E-state index in [1.54, 1.807) is 11.8 Å². The number of aromatic nitrogens is 2. The van der Waals surface area contributed by atoms with Gasteiger partial charge in [-0.15, -0.1) is 0 Å². The zero-order valence-corrected chi connectivity index (χ0v) is 8.36. The van der Waals surface area contributed by atoms with E-state index in [4.69, 9.17) is 5.73 Å². The Morgan fingerprint density at radius 2 is 2.46 bits per heavy atom. The summed E-state index contributed by atoms with van der Waals surface area (Å²) in [6.45, 7) is 0.523. The second kappa shape index (κ2) is 5.04. The molecule has 0 aliphatic rings. The van der Waals surface area contributed by atoms with Crippen LogP contribution in [0.1, 0.15) is 11.5 Å². The lowest BCUT2D eigenvalue weighted by Crippen LogP contribution is -2.14. The van der Waals surface area contributed by atoms with Crippen molar-refractivity contribution in [2.45, 2.75) is 12.2 Å². The van der Waals surface area contributed by atoms with Gasteiger partial charge in [0.25, 0.3) is 5.56 Å². The third-order valence-corrected chi connectivity index (χ3v) is 2.09. The van der Waals surface area contributed by atoms with Crippen molar-refractivity contribution in [3.8, 4) is 0 Å². The number of H-pyrrole nitrogens is 1. The molecule has 0 aromatic carbocycles. The van der Waals surface area contributed by atoms with Crippen molar-refractivity contribution in [3.05, 3.63) is 27.9 Å². The summed E-state index contributed by atoms with van der Waals surface area (Å²) >= 11 is 1.63. The van der Waals surface area contributed by atoms with Crippen molar-refractivity contribution in [1.82, 2.24) is 9.97 Å². The van der Waals surface area contributed by atoms with Crippen LogP contribution in [0.2, 0.25) is 0 Å². The molecule has 1 aromatic heterocycles. The fraction of sp³-hybridized carbons (Fsp3) is 0.500. The quantitative estimate of drug-likeness (QED) is 0.723. The van der Waals surface area contributed by atoms with Gasteiger partial charge in [-0.05, 0) is 12.8 Å². The molecule has 0 atom stereocenters. The van der Waals surface area contributed by atoms with Crippen LogP contribution in [0, 0.1) is 0 Å². The minimum absolute atomic E-state index is 0.0949. The summed E-state index contributed by atoms with van der Waals surface area (Å²) in [5.74, 6) is 1.46. The van der Waals surface area contributed by atoms with Crippen molar-refractivity contribution in [3.63, 3.8) is 0 Å². The molecule has 1 rings (SSSR count). The highest BCUT2D eigenvalue weighted by Gasteiger charge is 1.99. The SMILES string of the molecule is CSCc1nc(CCN)cc(=O)[nH]1. The average molecular weight is 199 g/mol. The highest BCUT2D eigenvalue weighted by molar-refractivity contribution is 7.97. The van der Waals surface area contributed by atoms with Crippen LogP contribution in [0.4, 0.5) is 0 Å². The summed E-state index contributed by atoms with van der Waals surface area (Å²) in [6.07, 6.45) is 2.63. The first-order valence-electron chi connectivity index (χ1n) is 4.04. The molecule has 5 heteroatoms. The second-order valence-corrected chi connectivity index (χ2v) is 3.52. The molecule has 0 radical (unpaired) electrons. The van der Waals surface area contributed by atoms with Crippen LogP contribution in [0.25, 0.3) is 0 Å². The van der Waals surface area contributed by atoms with E-state index in [0.717, 1.165) is 17.3 Å². The van der Waals surface area contributed by atoms with E-state index >= 15 is 0 Å². The molecular weight excluding hydrogens is 186 g/mol. The lowest BCUT2D eigenvalue weighted by atomic mass is 10.3. The average Bonchev–Trinajstić information content (AvgIpc) is 2.04. The molecule has 0 aliphatic heterocycles. The molecular formula is C8H13N3OS. The minimum Gasteiger partial charge on any atom is -0.330 e. The van der Waals surface area contributed by atoms with Gasteiger partial charge in [-0.1, -0.05) is 0 Å². The molecule has 1 heterocycles. The first-order valence-corrected chi connectivity index (χ1v) is 5.43. The van der Waals surface area contributed by atoms with Gasteiger partial charge in [-0.25, -0.2) is 4.98 Å². The summed E-state index contributed by atoms with van der Waals surface area (Å²) < 4.78 is 0. The predicted molar refractivity (Wildman–Crippen MR) is 54.8 cm³/mol. The number of nitrogens with two attached hydrogens (primary N) is 1. The van der Waals surface area contributed by atoms with E-state index in [1.807, 2.05) is 6.26 Å². The van der Waals surface area contributed by atoms with Gasteiger partial charge in [-0.3, -0.25) is 4.79 Å². The van der Waals surface area contributed by atoms with Crippen LogP contribution in [-0.2, 0) is 12.2 Å². The molecule has 0 amide bonds. The maximum Gasteiger partial charge on any atom is 0.251 e. The topological polar surface area (TPSA) is 71.8 Å². The number of hydrogen-bond acceptors (Lipinski definition) is 4. The fourth-order valence-corrected chi connectivity index (χ4v) is 1.45. The monoisotopic (exact) mass is 199 g/mol. The zero-order chi connectivity index (χ0) is 9.68. The van der Waals surface area contributed by atoms with Gasteiger partial charge in [0, 0.05) is 18.2 Å². The van der Waals surface area contributed by atoms with Crippen LogP contribution in [0.15, 0.2) is 10.9 Å². The standard InChI is InChI=1S/C8H13N3OS/c1-13-5-7-10-6(2-3-9)4-8(12)11-7/h4H,2-3,5,9H2,1H3,(H,10,11,12). The maximum atomic E-state index is 11.1. The lowest BCUT2D eigenvalue weighted by molar-refractivity contribution is 0.873. The van der Waals surface area contributed by atoms with Crippen molar-refractivity contribution >= 4 is 11.8 Å². The van der Waals surface area contributed by atoms with Gasteiger partial charge in [-0.2, -0.15) is 11.8 Å². The van der Waals surface area contributed by atoms with Gasteiger partial charge in [0.2, 0.25) is 0 Å². The smallest absolute Gasteiger partial charge is 0.251 e. The van der Waals surface area contributed by atoms with Crippen LogP contribution in [0.5, 0.6) is 0 Å². The van der Waals surface area contributed by atoms with E-state index < -0.39 is 0 Å². The molecule has 0 spiro atoms. The highest BCUT2D eigenvalue weighted by atomic mass is 32.2. The van der Waals surface area contributed by atoms with Gasteiger partial charge >= 0.3 is 0 Å². The molecule has 4 nitrogen and oxygen atoms in total. The molecule has 13 heavy (non-hydrogen) atoms. The van der Waals surface area contributed by atoms with Crippen molar-refractivity contribution < 1.29 is 0 Å². The number of aromatic amines is 1. The molecule has 0 saturated heterocycles. The van der Waals surface area contributed by atoms with E-state index in [-0.39, 0.29) is 5.56 Å². The lowest BCUT2D eigenvalue weighted by Gasteiger charge is -2.00. The Balaban J connectivity index is 2.90. The van der Waals surface area contributed by atoms with E-state index in [1.165, 1.54) is 6.07 Å². The Bertz CT molecular complexity index is 296. The summed E-state index contributed by atoms with van der Waals surface area (Å²) in [7, 11) is 0. The first kappa shape index (κ1) is 10.3. The van der Waals surface area contributed by atoms with Crippen LogP contribution < -0.4 is 11.3 Å². The van der Waals surface area contributed by atoms with Crippen LogP contribution >= 0.6 is 11.8 Å². The van der Waals surface area contributed by atoms with Crippen LogP contribution in [0.3, 0.4) is 0 Å². The molecule has 0 aliphatic carbocycles. The Morgan fingerprint density at radius 3 is 3.08 bits per heavy atom. The zero-order valence-electron chi connectivity index (χ0n) is 7.54. The highest BCUT2D eigenvalue weighted by Crippen LogP contribution is 2.02. The summed E-state index contributed by atoms with van der Waals surface area (Å²) in [5.41, 5.74) is 6.06. The Kier molecular flexibility index (Phi) is 3.98. The Morgan fingerprint density at radius 1 is 1.69 bits per heavy atom. The first-order chi connectivity index (χ1) is 6.26. The predicted octanol–water partition coefficient (Wildman–Crippen LogP) is 0.134. The molecule has 0 fully saturated rings. The number of nitrogens with one attached hydrogen (secondary N) is 1. The fourth-order valence-electron chi connectivity index (χ4n) is 1.04. The molecule has 3 N–H and O–H groups in total. The normalized spacial score (nSPS) is 10.3. The number of nitrogens with zero attached hydrogens (tertiary/aromatic N) is 1. The van der Waals surface area contributed by atoms with Gasteiger partial charge < -0.3 is 10.7 Å². The van der Waals surface area contributed by atoms with Crippen LogP contribution in [-0.4, -0.2) is 22.8 Å². The van der Waals surface area contributed by atoms with Crippen molar-refractivity contribution in [2.24, 2.45) is 5.73 Å². The molecule has 72 valence electrons. The Labute approximate surface area is 81.0 Å². The largest absolute Gasteiger partial charge is 0.330 e. The van der Waals surface area contributed by atoms with E-state index in [2.05, 4.69) is 9.97 Å². The molecule has 1 aromatic rings. The number of hydrogen-bond donors (Lipinski definition) is 2. The number of rotatable bonds is 4. The van der Waals surface area contributed by atoms with E-state index in [9.17, 15) is 4.79 Å². The van der Waals surface area contributed by atoms with Crippen molar-refractivity contribution in [2.75, 3.05) is 12.8 Å². The third kappa shape index (κ3) is 3.20.